The van der Waals surface area contributed by atoms with Crippen molar-refractivity contribution in [3.63, 3.8) is 0 Å². The van der Waals surface area contributed by atoms with Crippen molar-refractivity contribution in [2.45, 2.75) is 38.8 Å². The van der Waals surface area contributed by atoms with E-state index in [-0.39, 0.29) is 35.6 Å². The summed E-state index contributed by atoms with van der Waals surface area (Å²) in [5.41, 5.74) is 8.27. The third-order valence-electron chi connectivity index (χ3n) is 4.72. The van der Waals surface area contributed by atoms with Crippen molar-refractivity contribution in [2.75, 3.05) is 27.3 Å². The number of nitrogens with one attached hydrogen (secondary N) is 2. The summed E-state index contributed by atoms with van der Waals surface area (Å²) in [6.07, 6.45) is 0.809. The quantitative estimate of drug-likeness (QED) is 0.249. The van der Waals surface area contributed by atoms with Crippen LogP contribution in [-0.2, 0) is 6.42 Å². The lowest BCUT2D eigenvalue weighted by atomic mass is 10.0. The summed E-state index contributed by atoms with van der Waals surface area (Å²) >= 11 is 0. The molecule has 4 N–H and O–H groups in total. The van der Waals surface area contributed by atoms with E-state index in [2.05, 4.69) is 60.7 Å². The van der Waals surface area contributed by atoms with Gasteiger partial charge in [-0.05, 0) is 50.5 Å². The van der Waals surface area contributed by atoms with Crippen LogP contribution in [0.5, 0.6) is 11.5 Å². The van der Waals surface area contributed by atoms with Gasteiger partial charge in [0, 0.05) is 18.1 Å². The normalized spacial score (nSPS) is 12.6. The Morgan fingerprint density at radius 1 is 1.07 bits per heavy atom. The Morgan fingerprint density at radius 2 is 1.73 bits per heavy atom. The van der Waals surface area contributed by atoms with Gasteiger partial charge in [0.15, 0.2) is 17.5 Å². The Morgan fingerprint density at radius 3 is 2.37 bits per heavy atom. The zero-order chi connectivity index (χ0) is 21.3. The molecule has 2 rings (SSSR count). The molecule has 0 saturated carbocycles. The van der Waals surface area contributed by atoms with Crippen molar-refractivity contribution in [1.29, 1.82) is 0 Å². The Bertz CT molecular complexity index is 797. The summed E-state index contributed by atoms with van der Waals surface area (Å²) in [4.78, 5) is 4.51. The Balaban J connectivity index is 0.00000450. The average molecular weight is 526 g/mol. The number of nitrogens with two attached hydrogens (primary N) is 1. The van der Waals surface area contributed by atoms with E-state index < -0.39 is 0 Å². The molecule has 7 heteroatoms. The van der Waals surface area contributed by atoms with E-state index in [9.17, 15) is 0 Å². The molecule has 6 nitrogen and oxygen atoms in total. The van der Waals surface area contributed by atoms with E-state index in [0.29, 0.717) is 19.0 Å². The maximum atomic E-state index is 6.06. The molecule has 0 aliphatic rings. The fourth-order valence-corrected chi connectivity index (χ4v) is 3.17. The minimum Gasteiger partial charge on any atom is -0.493 e. The Labute approximate surface area is 197 Å². The highest BCUT2D eigenvalue weighted by Gasteiger charge is 2.20. The average Bonchev–Trinajstić information content (AvgIpc) is 2.72. The molecule has 0 fully saturated rings. The van der Waals surface area contributed by atoms with Gasteiger partial charge in [-0.1, -0.05) is 36.4 Å². The van der Waals surface area contributed by atoms with Crippen molar-refractivity contribution < 1.29 is 9.47 Å². The van der Waals surface area contributed by atoms with Gasteiger partial charge in [0.05, 0.1) is 20.8 Å². The number of nitrogens with zero attached hydrogens (tertiary/aromatic N) is 1. The van der Waals surface area contributed by atoms with E-state index in [4.69, 9.17) is 15.2 Å². The molecule has 0 saturated heterocycles. The van der Waals surface area contributed by atoms with Crippen LogP contribution in [0, 0.1) is 0 Å². The van der Waals surface area contributed by atoms with Gasteiger partial charge in [-0.3, -0.25) is 4.99 Å². The van der Waals surface area contributed by atoms with Gasteiger partial charge in [-0.15, -0.1) is 24.0 Å². The van der Waals surface area contributed by atoms with E-state index in [0.717, 1.165) is 23.5 Å². The zero-order valence-electron chi connectivity index (χ0n) is 18.6. The molecule has 0 aliphatic carbocycles. The number of hydrogen-bond donors (Lipinski definition) is 3. The summed E-state index contributed by atoms with van der Waals surface area (Å²) in [6.45, 7) is 7.70. The van der Waals surface area contributed by atoms with E-state index >= 15 is 0 Å². The molecule has 0 spiro atoms. The molecule has 30 heavy (non-hydrogen) atoms. The molecule has 0 amide bonds. The van der Waals surface area contributed by atoms with Crippen LogP contribution < -0.4 is 25.8 Å². The van der Waals surface area contributed by atoms with Gasteiger partial charge in [0.25, 0.3) is 0 Å². The molecule has 0 aromatic heterocycles. The van der Waals surface area contributed by atoms with Crippen molar-refractivity contribution in [3.05, 3.63) is 59.7 Å². The first-order valence-electron chi connectivity index (χ1n) is 9.92. The van der Waals surface area contributed by atoms with Crippen LogP contribution in [0.2, 0.25) is 0 Å². The van der Waals surface area contributed by atoms with Crippen LogP contribution in [0.25, 0.3) is 0 Å². The summed E-state index contributed by atoms with van der Waals surface area (Å²) in [7, 11) is 3.27. The predicted octanol–water partition coefficient (Wildman–Crippen LogP) is 3.90. The van der Waals surface area contributed by atoms with E-state index in [1.165, 1.54) is 5.56 Å². The van der Waals surface area contributed by atoms with Crippen molar-refractivity contribution in [1.82, 2.24) is 10.6 Å². The first-order valence-corrected chi connectivity index (χ1v) is 9.92. The highest BCUT2D eigenvalue weighted by atomic mass is 127. The lowest BCUT2D eigenvalue weighted by Gasteiger charge is -2.29. The highest BCUT2D eigenvalue weighted by molar-refractivity contribution is 14.0. The molecular weight excluding hydrogens is 491 g/mol. The molecule has 1 unspecified atom stereocenters. The van der Waals surface area contributed by atoms with Crippen molar-refractivity contribution >= 4 is 29.9 Å². The number of aliphatic imine (C=N–C) groups is 1. The standard InChI is InChI=1S/C23H34N4O2.HI/c1-17(19-9-7-6-8-10-19)27-23(2,3)16-26-22(24)25-14-13-18-11-12-20(28-4)21(15-18)29-5;/h6-12,15,17,27H,13-14,16H2,1-5H3,(H3,24,25,26);1H. The smallest absolute Gasteiger partial charge is 0.188 e. The third-order valence-corrected chi connectivity index (χ3v) is 4.72. The maximum Gasteiger partial charge on any atom is 0.188 e. The lowest BCUT2D eigenvalue weighted by Crippen LogP contribution is -2.45. The fourth-order valence-electron chi connectivity index (χ4n) is 3.17. The summed E-state index contributed by atoms with van der Waals surface area (Å²) in [5.74, 6) is 1.91. The number of methoxy groups -OCH3 is 2. The van der Waals surface area contributed by atoms with E-state index in [1.807, 2.05) is 24.3 Å². The second kappa shape index (κ2) is 12.6. The molecule has 1 atom stereocenters. The van der Waals surface area contributed by atoms with Crippen LogP contribution in [0.3, 0.4) is 0 Å². The summed E-state index contributed by atoms with van der Waals surface area (Å²) < 4.78 is 10.6. The summed E-state index contributed by atoms with van der Waals surface area (Å²) in [6, 6.07) is 16.5. The number of hydrogen-bond acceptors (Lipinski definition) is 4. The number of rotatable bonds is 10. The van der Waals surface area contributed by atoms with Gasteiger partial charge in [0.1, 0.15) is 0 Å². The molecule has 2 aromatic rings. The second-order valence-electron chi connectivity index (χ2n) is 7.73. The maximum absolute atomic E-state index is 6.06. The zero-order valence-corrected chi connectivity index (χ0v) is 20.9. The second-order valence-corrected chi connectivity index (χ2v) is 7.73. The summed E-state index contributed by atoms with van der Waals surface area (Å²) in [5, 5.41) is 6.80. The van der Waals surface area contributed by atoms with Crippen LogP contribution in [-0.4, -0.2) is 38.8 Å². The van der Waals surface area contributed by atoms with Gasteiger partial charge in [-0.25, -0.2) is 0 Å². The SMILES string of the molecule is COc1ccc(CCNC(N)=NCC(C)(C)NC(C)c2ccccc2)cc1OC.I. The lowest BCUT2D eigenvalue weighted by molar-refractivity contribution is 0.354. The van der Waals surface area contributed by atoms with Gasteiger partial charge < -0.3 is 25.8 Å². The van der Waals surface area contributed by atoms with Gasteiger partial charge in [-0.2, -0.15) is 0 Å². The van der Waals surface area contributed by atoms with Crippen molar-refractivity contribution in [3.8, 4) is 11.5 Å². The van der Waals surface area contributed by atoms with Crippen LogP contribution >= 0.6 is 24.0 Å². The molecule has 0 aliphatic heterocycles. The van der Waals surface area contributed by atoms with Crippen LogP contribution in [0.15, 0.2) is 53.5 Å². The number of ether oxygens (including phenoxy) is 2. The topological polar surface area (TPSA) is 80.9 Å². The molecule has 166 valence electrons. The fraction of sp³-hybridized carbons (Fsp3) is 0.435. The Kier molecular flexibility index (Phi) is 11.0. The largest absolute Gasteiger partial charge is 0.493 e. The minimum atomic E-state index is -0.176. The predicted molar refractivity (Wildman–Crippen MR) is 135 cm³/mol. The molecule has 0 radical (unpaired) electrons. The van der Waals surface area contributed by atoms with Crippen LogP contribution in [0.4, 0.5) is 0 Å². The molecule has 0 heterocycles. The first kappa shape index (κ1) is 26.0. The van der Waals surface area contributed by atoms with Crippen molar-refractivity contribution in [2.24, 2.45) is 10.7 Å². The highest BCUT2D eigenvalue weighted by Crippen LogP contribution is 2.27. The van der Waals surface area contributed by atoms with Gasteiger partial charge >= 0.3 is 0 Å². The third kappa shape index (κ3) is 8.39. The Hall–Kier alpha value is -2.00. The van der Waals surface area contributed by atoms with Gasteiger partial charge in [0.2, 0.25) is 0 Å². The molecule has 2 aromatic carbocycles. The molecule has 0 bridgehead atoms. The minimum absolute atomic E-state index is 0. The molecular formula is C23H35IN4O2. The number of guanidine groups is 1. The van der Waals surface area contributed by atoms with Crippen LogP contribution in [0.1, 0.15) is 37.9 Å². The van der Waals surface area contributed by atoms with E-state index in [1.54, 1.807) is 14.2 Å². The monoisotopic (exact) mass is 526 g/mol. The number of halogens is 1. The first-order chi connectivity index (χ1) is 13.8. The number of benzene rings is 2.